The number of aliphatic hydroxyl groups excluding tert-OH is 1. The molecule has 0 fully saturated rings. The molecule has 1 heterocycles. The SMILES string of the molecule is OCc1ccc(COc2ccc(Br)nc2)cc1. The zero-order valence-corrected chi connectivity index (χ0v) is 10.7. The Hall–Kier alpha value is -1.39. The number of pyridine rings is 1. The van der Waals surface area contributed by atoms with Crippen LogP contribution >= 0.6 is 15.9 Å². The first kappa shape index (κ1) is 12.1. The Morgan fingerprint density at radius 2 is 1.76 bits per heavy atom. The van der Waals surface area contributed by atoms with Crippen molar-refractivity contribution in [1.29, 1.82) is 0 Å². The van der Waals surface area contributed by atoms with E-state index < -0.39 is 0 Å². The van der Waals surface area contributed by atoms with Gasteiger partial charge in [0, 0.05) is 0 Å². The van der Waals surface area contributed by atoms with Crippen LogP contribution in [0.15, 0.2) is 47.2 Å². The fourth-order valence-corrected chi connectivity index (χ4v) is 1.59. The number of aliphatic hydroxyl groups is 1. The highest BCUT2D eigenvalue weighted by molar-refractivity contribution is 9.10. The first-order valence-electron chi connectivity index (χ1n) is 5.21. The van der Waals surface area contributed by atoms with Gasteiger partial charge in [-0.05, 0) is 39.2 Å². The van der Waals surface area contributed by atoms with Gasteiger partial charge in [-0.25, -0.2) is 4.98 Å². The maximum absolute atomic E-state index is 8.92. The maximum atomic E-state index is 8.92. The van der Waals surface area contributed by atoms with E-state index in [4.69, 9.17) is 9.84 Å². The summed E-state index contributed by atoms with van der Waals surface area (Å²) in [7, 11) is 0. The zero-order valence-electron chi connectivity index (χ0n) is 9.14. The van der Waals surface area contributed by atoms with Crippen molar-refractivity contribution in [3.63, 3.8) is 0 Å². The van der Waals surface area contributed by atoms with Crippen LogP contribution in [-0.2, 0) is 13.2 Å². The molecule has 2 rings (SSSR count). The average molecular weight is 294 g/mol. The molecule has 0 bridgehead atoms. The second kappa shape index (κ2) is 5.80. The van der Waals surface area contributed by atoms with Crippen LogP contribution in [0.3, 0.4) is 0 Å². The lowest BCUT2D eigenvalue weighted by atomic mass is 10.1. The molecule has 1 aromatic carbocycles. The summed E-state index contributed by atoms with van der Waals surface area (Å²) in [5.74, 6) is 0.736. The van der Waals surface area contributed by atoms with E-state index in [9.17, 15) is 0 Å². The maximum Gasteiger partial charge on any atom is 0.138 e. The van der Waals surface area contributed by atoms with Crippen LogP contribution in [0.4, 0.5) is 0 Å². The van der Waals surface area contributed by atoms with Crippen LogP contribution in [0.25, 0.3) is 0 Å². The highest BCUT2D eigenvalue weighted by atomic mass is 79.9. The number of rotatable bonds is 4. The molecular weight excluding hydrogens is 282 g/mol. The van der Waals surface area contributed by atoms with Gasteiger partial charge in [0.2, 0.25) is 0 Å². The van der Waals surface area contributed by atoms with Crippen molar-refractivity contribution in [1.82, 2.24) is 4.98 Å². The molecule has 0 spiro atoms. The molecule has 0 saturated carbocycles. The number of hydrogen-bond acceptors (Lipinski definition) is 3. The molecule has 0 amide bonds. The van der Waals surface area contributed by atoms with Crippen LogP contribution in [0.5, 0.6) is 5.75 Å². The van der Waals surface area contributed by atoms with Crippen LogP contribution in [0.1, 0.15) is 11.1 Å². The van der Waals surface area contributed by atoms with Crippen molar-refractivity contribution in [2.24, 2.45) is 0 Å². The van der Waals surface area contributed by atoms with Gasteiger partial charge in [0.1, 0.15) is 17.0 Å². The summed E-state index contributed by atoms with van der Waals surface area (Å²) in [6, 6.07) is 11.4. The lowest BCUT2D eigenvalue weighted by molar-refractivity contribution is 0.281. The van der Waals surface area contributed by atoms with Gasteiger partial charge in [-0.3, -0.25) is 0 Å². The smallest absolute Gasteiger partial charge is 0.138 e. The molecule has 1 N–H and O–H groups in total. The Bertz CT molecular complexity index is 468. The van der Waals surface area contributed by atoms with Crippen molar-refractivity contribution >= 4 is 15.9 Å². The summed E-state index contributed by atoms with van der Waals surface area (Å²) in [5, 5.41) is 8.92. The molecule has 4 heteroatoms. The average Bonchev–Trinajstić information content (AvgIpc) is 2.39. The molecule has 1 aromatic heterocycles. The summed E-state index contributed by atoms with van der Waals surface area (Å²) in [6.45, 7) is 0.562. The quantitative estimate of drug-likeness (QED) is 0.882. The molecule has 2 aromatic rings. The number of halogens is 1. The van der Waals surface area contributed by atoms with Gasteiger partial charge in [-0.1, -0.05) is 24.3 Å². The van der Waals surface area contributed by atoms with Crippen LogP contribution in [0, 0.1) is 0 Å². The van der Waals surface area contributed by atoms with Crippen molar-refractivity contribution < 1.29 is 9.84 Å². The first-order valence-corrected chi connectivity index (χ1v) is 6.00. The minimum Gasteiger partial charge on any atom is -0.487 e. The van der Waals surface area contributed by atoms with Gasteiger partial charge < -0.3 is 9.84 Å². The van der Waals surface area contributed by atoms with Crippen molar-refractivity contribution in [3.05, 3.63) is 58.3 Å². The normalized spacial score (nSPS) is 10.2. The lowest BCUT2D eigenvalue weighted by Gasteiger charge is -2.06. The summed E-state index contributed by atoms with van der Waals surface area (Å²) in [6.07, 6.45) is 1.67. The molecule has 0 aliphatic rings. The van der Waals surface area contributed by atoms with E-state index in [1.807, 2.05) is 36.4 Å². The second-order valence-electron chi connectivity index (χ2n) is 3.58. The first-order chi connectivity index (χ1) is 8.28. The molecule has 3 nitrogen and oxygen atoms in total. The van der Waals surface area contributed by atoms with Crippen molar-refractivity contribution in [2.45, 2.75) is 13.2 Å². The zero-order chi connectivity index (χ0) is 12.1. The molecule has 0 radical (unpaired) electrons. The van der Waals surface area contributed by atoms with Gasteiger partial charge in [-0.2, -0.15) is 0 Å². The summed E-state index contributed by atoms with van der Waals surface area (Å²) >= 11 is 3.27. The number of ether oxygens (including phenoxy) is 1. The summed E-state index contributed by atoms with van der Waals surface area (Å²) < 4.78 is 6.36. The van der Waals surface area contributed by atoms with E-state index in [0.717, 1.165) is 21.5 Å². The van der Waals surface area contributed by atoms with E-state index in [1.54, 1.807) is 6.20 Å². The number of hydrogen-bond donors (Lipinski definition) is 1. The molecule has 0 saturated heterocycles. The summed E-state index contributed by atoms with van der Waals surface area (Å²) in [4.78, 5) is 4.08. The molecular formula is C13H12BrNO2. The fraction of sp³-hybridized carbons (Fsp3) is 0.154. The Balaban J connectivity index is 1.95. The van der Waals surface area contributed by atoms with E-state index in [-0.39, 0.29) is 6.61 Å². The van der Waals surface area contributed by atoms with E-state index in [2.05, 4.69) is 20.9 Å². The van der Waals surface area contributed by atoms with E-state index in [0.29, 0.717) is 6.61 Å². The highest BCUT2D eigenvalue weighted by Crippen LogP contribution is 2.14. The third-order valence-corrected chi connectivity index (χ3v) is 2.78. The van der Waals surface area contributed by atoms with Gasteiger partial charge >= 0.3 is 0 Å². The minimum absolute atomic E-state index is 0.0672. The molecule has 17 heavy (non-hydrogen) atoms. The number of nitrogens with zero attached hydrogens (tertiary/aromatic N) is 1. The third kappa shape index (κ3) is 3.54. The lowest BCUT2D eigenvalue weighted by Crippen LogP contribution is -1.96. The number of benzene rings is 1. The standard InChI is InChI=1S/C13H12BrNO2/c14-13-6-5-12(7-15-13)17-9-11-3-1-10(8-16)2-4-11/h1-7,16H,8-9H2. The summed E-state index contributed by atoms with van der Waals surface area (Å²) in [5.41, 5.74) is 1.96. The van der Waals surface area contributed by atoms with Crippen LogP contribution in [-0.4, -0.2) is 10.1 Å². The van der Waals surface area contributed by atoms with Gasteiger partial charge in [-0.15, -0.1) is 0 Å². The predicted octanol–water partition coefficient (Wildman–Crippen LogP) is 2.92. The van der Waals surface area contributed by atoms with Gasteiger partial charge in [0.15, 0.2) is 0 Å². The Morgan fingerprint density at radius 1 is 1.06 bits per heavy atom. The van der Waals surface area contributed by atoms with Gasteiger partial charge in [0.05, 0.1) is 12.8 Å². The fourth-order valence-electron chi connectivity index (χ4n) is 1.36. The van der Waals surface area contributed by atoms with E-state index in [1.165, 1.54) is 0 Å². The highest BCUT2D eigenvalue weighted by Gasteiger charge is 1.97. The second-order valence-corrected chi connectivity index (χ2v) is 4.39. The third-order valence-electron chi connectivity index (χ3n) is 2.31. The van der Waals surface area contributed by atoms with Gasteiger partial charge in [0.25, 0.3) is 0 Å². The minimum atomic E-state index is 0.0672. The monoisotopic (exact) mass is 293 g/mol. The molecule has 0 aliphatic carbocycles. The Kier molecular flexibility index (Phi) is 4.12. The number of aromatic nitrogens is 1. The van der Waals surface area contributed by atoms with Crippen molar-refractivity contribution in [2.75, 3.05) is 0 Å². The predicted molar refractivity (Wildman–Crippen MR) is 68.6 cm³/mol. The molecule has 0 aliphatic heterocycles. The largest absolute Gasteiger partial charge is 0.487 e. The Morgan fingerprint density at radius 3 is 2.35 bits per heavy atom. The van der Waals surface area contributed by atoms with Crippen LogP contribution in [0.2, 0.25) is 0 Å². The van der Waals surface area contributed by atoms with Crippen molar-refractivity contribution in [3.8, 4) is 5.75 Å². The Labute approximate surface area is 108 Å². The van der Waals surface area contributed by atoms with Crippen LogP contribution < -0.4 is 4.74 Å². The topological polar surface area (TPSA) is 42.4 Å². The van der Waals surface area contributed by atoms with E-state index >= 15 is 0 Å². The molecule has 0 unspecified atom stereocenters. The molecule has 88 valence electrons. The molecule has 0 atom stereocenters.